The number of nitrogen functional groups attached to an aromatic ring is 2. The molecule has 1 saturated heterocycles. The number of fused-ring (bicyclic) bond motifs is 1. The van der Waals surface area contributed by atoms with Gasteiger partial charge in [-0.15, -0.1) is 0 Å². The number of nitrogens with two attached hydrogens (primary N) is 2. The fourth-order valence-electron chi connectivity index (χ4n) is 4.74. The number of hydrogen-bond donors (Lipinski definition) is 2. The Labute approximate surface area is 182 Å². The molecule has 0 atom stereocenters. The number of aromatic nitrogens is 2. The summed E-state index contributed by atoms with van der Waals surface area (Å²) in [5, 5.41) is 4.86. The molecular weight excluding hydrogens is 386 g/mol. The minimum atomic E-state index is -0.108. The number of allylic oxidation sites excluding steroid dienone is 2. The summed E-state index contributed by atoms with van der Waals surface area (Å²) in [5.41, 5.74) is 19.4. The SMILES string of the molecule is CC1=C(c2ccc(N)c(N)c2)C(=O)n2nc(-c3ccccc3)c(N3CCCCC3)c2C1. The van der Waals surface area contributed by atoms with E-state index in [9.17, 15) is 4.79 Å². The lowest BCUT2D eigenvalue weighted by atomic mass is 9.92. The zero-order chi connectivity index (χ0) is 21.5. The van der Waals surface area contributed by atoms with E-state index in [-0.39, 0.29) is 5.91 Å². The molecule has 6 nitrogen and oxygen atoms in total. The molecule has 1 fully saturated rings. The summed E-state index contributed by atoms with van der Waals surface area (Å²) in [6.45, 7) is 4.02. The van der Waals surface area contributed by atoms with E-state index in [2.05, 4.69) is 17.0 Å². The molecule has 2 aromatic carbocycles. The summed E-state index contributed by atoms with van der Waals surface area (Å²) in [4.78, 5) is 16.1. The molecule has 158 valence electrons. The van der Waals surface area contributed by atoms with Crippen molar-refractivity contribution in [3.05, 3.63) is 65.4 Å². The molecule has 3 aromatic rings. The summed E-state index contributed by atoms with van der Waals surface area (Å²) in [5.74, 6) is -0.108. The molecule has 0 saturated carbocycles. The summed E-state index contributed by atoms with van der Waals surface area (Å²) < 4.78 is 1.61. The lowest BCUT2D eigenvalue weighted by molar-refractivity contribution is 0.0958. The van der Waals surface area contributed by atoms with Crippen molar-refractivity contribution in [1.82, 2.24) is 9.78 Å². The van der Waals surface area contributed by atoms with Crippen molar-refractivity contribution in [2.45, 2.75) is 32.6 Å². The van der Waals surface area contributed by atoms with Crippen molar-refractivity contribution in [3.8, 4) is 11.3 Å². The minimum absolute atomic E-state index is 0.108. The molecule has 0 bridgehead atoms. The Bertz CT molecular complexity index is 1190. The van der Waals surface area contributed by atoms with Gasteiger partial charge in [0, 0.05) is 30.6 Å². The average molecular weight is 414 g/mol. The van der Waals surface area contributed by atoms with E-state index < -0.39 is 0 Å². The Kier molecular flexibility index (Phi) is 4.77. The first-order valence-electron chi connectivity index (χ1n) is 10.9. The molecule has 5 rings (SSSR count). The molecular formula is C25H27N5O. The van der Waals surface area contributed by atoms with Crippen molar-refractivity contribution < 1.29 is 4.79 Å². The quantitative estimate of drug-likeness (QED) is 0.622. The van der Waals surface area contributed by atoms with Crippen LogP contribution in [0.5, 0.6) is 0 Å². The van der Waals surface area contributed by atoms with Crippen LogP contribution in [0.4, 0.5) is 17.1 Å². The van der Waals surface area contributed by atoms with Crippen LogP contribution in [0.2, 0.25) is 0 Å². The van der Waals surface area contributed by atoms with Gasteiger partial charge in [0.1, 0.15) is 5.69 Å². The number of benzene rings is 2. The van der Waals surface area contributed by atoms with Gasteiger partial charge in [-0.3, -0.25) is 4.79 Å². The fourth-order valence-corrected chi connectivity index (χ4v) is 4.74. The number of hydrogen-bond acceptors (Lipinski definition) is 5. The third-order valence-electron chi connectivity index (χ3n) is 6.31. The molecule has 6 heteroatoms. The monoisotopic (exact) mass is 413 g/mol. The van der Waals surface area contributed by atoms with Crippen molar-refractivity contribution >= 4 is 28.5 Å². The first-order valence-corrected chi connectivity index (χ1v) is 10.9. The zero-order valence-electron chi connectivity index (χ0n) is 17.8. The van der Waals surface area contributed by atoms with E-state index in [0.717, 1.165) is 59.7 Å². The molecule has 0 radical (unpaired) electrons. The van der Waals surface area contributed by atoms with Gasteiger partial charge in [-0.1, -0.05) is 42.0 Å². The lowest BCUT2D eigenvalue weighted by Crippen LogP contribution is -2.31. The second-order valence-corrected chi connectivity index (χ2v) is 8.45. The van der Waals surface area contributed by atoms with E-state index in [0.29, 0.717) is 23.4 Å². The van der Waals surface area contributed by atoms with Crippen LogP contribution >= 0.6 is 0 Å². The standard InChI is InChI=1S/C25H27N5O/c1-16-14-21-24(29-12-6-3-7-13-29)23(17-8-4-2-5-9-17)28-30(21)25(31)22(16)18-10-11-19(26)20(27)15-18/h2,4-5,8-11,15H,3,6-7,12-14,26-27H2,1H3. The summed E-state index contributed by atoms with van der Waals surface area (Å²) in [6, 6.07) is 15.6. The van der Waals surface area contributed by atoms with Gasteiger partial charge in [0.15, 0.2) is 0 Å². The van der Waals surface area contributed by atoms with E-state index >= 15 is 0 Å². The molecule has 0 amide bonds. The predicted molar refractivity (Wildman–Crippen MR) is 126 cm³/mol. The van der Waals surface area contributed by atoms with Crippen LogP contribution in [-0.2, 0) is 6.42 Å². The molecule has 3 heterocycles. The van der Waals surface area contributed by atoms with Crippen LogP contribution in [0.25, 0.3) is 16.8 Å². The smallest absolute Gasteiger partial charge is 0.279 e. The van der Waals surface area contributed by atoms with Crippen LogP contribution in [0.15, 0.2) is 54.1 Å². The Balaban J connectivity index is 1.65. The van der Waals surface area contributed by atoms with E-state index in [1.165, 1.54) is 6.42 Å². The van der Waals surface area contributed by atoms with Gasteiger partial charge in [-0.05, 0) is 43.9 Å². The first kappa shape index (κ1) is 19.4. The number of anilines is 3. The summed E-state index contributed by atoms with van der Waals surface area (Å²) >= 11 is 0. The summed E-state index contributed by atoms with van der Waals surface area (Å²) in [6.07, 6.45) is 4.26. The van der Waals surface area contributed by atoms with E-state index in [1.54, 1.807) is 16.8 Å². The normalized spacial score (nSPS) is 16.5. The molecule has 0 spiro atoms. The van der Waals surface area contributed by atoms with Crippen LogP contribution in [0.3, 0.4) is 0 Å². The predicted octanol–water partition coefficient (Wildman–Crippen LogP) is 4.37. The van der Waals surface area contributed by atoms with Gasteiger partial charge in [0.2, 0.25) is 0 Å². The van der Waals surface area contributed by atoms with E-state index in [4.69, 9.17) is 16.6 Å². The van der Waals surface area contributed by atoms with Crippen molar-refractivity contribution in [2.75, 3.05) is 29.5 Å². The molecule has 0 unspecified atom stereocenters. The maximum Gasteiger partial charge on any atom is 0.279 e. The Hall–Kier alpha value is -3.54. The van der Waals surface area contributed by atoms with Crippen LogP contribution < -0.4 is 16.4 Å². The summed E-state index contributed by atoms with van der Waals surface area (Å²) in [7, 11) is 0. The maximum absolute atomic E-state index is 13.7. The molecule has 31 heavy (non-hydrogen) atoms. The van der Waals surface area contributed by atoms with E-state index in [1.807, 2.05) is 31.2 Å². The third-order valence-corrected chi connectivity index (χ3v) is 6.31. The zero-order valence-corrected chi connectivity index (χ0v) is 17.8. The van der Waals surface area contributed by atoms with Crippen LogP contribution in [0.1, 0.15) is 42.2 Å². The number of nitrogens with zero attached hydrogens (tertiary/aromatic N) is 3. The maximum atomic E-state index is 13.7. The average Bonchev–Trinajstić information content (AvgIpc) is 3.17. The van der Waals surface area contributed by atoms with Crippen molar-refractivity contribution in [3.63, 3.8) is 0 Å². The van der Waals surface area contributed by atoms with Crippen LogP contribution in [0, 0.1) is 0 Å². The molecule has 4 N–H and O–H groups in total. The molecule has 2 aliphatic rings. The minimum Gasteiger partial charge on any atom is -0.397 e. The number of carbonyl (C=O) groups excluding carboxylic acids is 1. The Morgan fingerprint density at radius 3 is 2.35 bits per heavy atom. The largest absolute Gasteiger partial charge is 0.397 e. The van der Waals surface area contributed by atoms with Crippen molar-refractivity contribution in [2.24, 2.45) is 0 Å². The van der Waals surface area contributed by atoms with Gasteiger partial charge >= 0.3 is 0 Å². The van der Waals surface area contributed by atoms with Gasteiger partial charge in [0.25, 0.3) is 5.91 Å². The number of carbonyl (C=O) groups is 1. The third kappa shape index (κ3) is 3.28. The topological polar surface area (TPSA) is 90.2 Å². The second kappa shape index (κ2) is 7.61. The second-order valence-electron chi connectivity index (χ2n) is 8.45. The lowest BCUT2D eigenvalue weighted by Gasteiger charge is -2.30. The highest BCUT2D eigenvalue weighted by Gasteiger charge is 2.33. The van der Waals surface area contributed by atoms with Gasteiger partial charge < -0.3 is 16.4 Å². The van der Waals surface area contributed by atoms with Gasteiger partial charge in [0.05, 0.1) is 22.8 Å². The highest BCUT2D eigenvalue weighted by molar-refractivity contribution is 6.23. The highest BCUT2D eigenvalue weighted by atomic mass is 16.2. The number of rotatable bonds is 3. The van der Waals surface area contributed by atoms with Crippen molar-refractivity contribution in [1.29, 1.82) is 0 Å². The fraction of sp³-hybridized carbons (Fsp3) is 0.280. The number of piperidine rings is 1. The van der Waals surface area contributed by atoms with Gasteiger partial charge in [-0.2, -0.15) is 9.78 Å². The highest BCUT2D eigenvalue weighted by Crippen LogP contribution is 2.40. The first-order chi connectivity index (χ1) is 15.0. The van der Waals surface area contributed by atoms with Gasteiger partial charge in [-0.25, -0.2) is 0 Å². The molecule has 0 aliphatic carbocycles. The van der Waals surface area contributed by atoms with Crippen LogP contribution in [-0.4, -0.2) is 28.8 Å². The Morgan fingerprint density at radius 2 is 1.65 bits per heavy atom. The molecule has 1 aromatic heterocycles. The molecule has 2 aliphatic heterocycles. The Morgan fingerprint density at radius 1 is 0.903 bits per heavy atom.